The summed E-state index contributed by atoms with van der Waals surface area (Å²) in [5.74, 6) is -1.84. The Bertz CT molecular complexity index is 1060. The molecule has 0 unspecified atom stereocenters. The van der Waals surface area contributed by atoms with Crippen LogP contribution in [0.3, 0.4) is 0 Å². The van der Waals surface area contributed by atoms with E-state index in [2.05, 4.69) is 4.98 Å². The van der Waals surface area contributed by atoms with Gasteiger partial charge in [-0.05, 0) is 37.3 Å². The molecule has 2 aromatic rings. The SMILES string of the molecule is NC/C(Cl)=C1\CCCN(c2nc3c(cc2F)c(=O)c(C(=O)O)cn3C2CC2)C1. The maximum atomic E-state index is 14.9. The van der Waals surface area contributed by atoms with Crippen molar-refractivity contribution in [2.75, 3.05) is 24.5 Å². The van der Waals surface area contributed by atoms with Gasteiger partial charge in [-0.1, -0.05) is 11.6 Å². The first-order valence-corrected chi connectivity index (χ1v) is 9.58. The van der Waals surface area contributed by atoms with Crippen LogP contribution < -0.4 is 16.1 Å². The molecule has 4 rings (SSSR count). The number of carboxylic acids is 1. The van der Waals surface area contributed by atoms with E-state index in [9.17, 15) is 19.1 Å². The molecule has 3 N–H and O–H groups in total. The van der Waals surface area contributed by atoms with E-state index < -0.39 is 17.2 Å². The van der Waals surface area contributed by atoms with E-state index in [0.717, 1.165) is 37.3 Å². The molecule has 9 heteroatoms. The molecule has 1 saturated heterocycles. The van der Waals surface area contributed by atoms with Gasteiger partial charge in [-0.3, -0.25) is 4.79 Å². The molecule has 7 nitrogen and oxygen atoms in total. The normalized spacial score (nSPS) is 19.2. The second-order valence-electron chi connectivity index (χ2n) is 7.22. The molecule has 1 saturated carbocycles. The lowest BCUT2D eigenvalue weighted by Crippen LogP contribution is -2.33. The van der Waals surface area contributed by atoms with E-state index in [1.807, 2.05) is 0 Å². The van der Waals surface area contributed by atoms with E-state index in [0.29, 0.717) is 23.8 Å². The molecule has 3 heterocycles. The fourth-order valence-corrected chi connectivity index (χ4v) is 3.82. The van der Waals surface area contributed by atoms with Crippen molar-refractivity contribution in [1.29, 1.82) is 0 Å². The zero-order valence-corrected chi connectivity index (χ0v) is 15.9. The lowest BCUT2D eigenvalue weighted by atomic mass is 10.0. The molecule has 0 bridgehead atoms. The Morgan fingerprint density at radius 3 is 2.82 bits per heavy atom. The lowest BCUT2D eigenvalue weighted by molar-refractivity contribution is 0.0695. The van der Waals surface area contributed by atoms with Crippen molar-refractivity contribution in [1.82, 2.24) is 9.55 Å². The summed E-state index contributed by atoms with van der Waals surface area (Å²) < 4.78 is 16.6. The lowest BCUT2D eigenvalue weighted by Gasteiger charge is -2.31. The van der Waals surface area contributed by atoms with Crippen LogP contribution in [0.5, 0.6) is 0 Å². The van der Waals surface area contributed by atoms with Crippen molar-refractivity contribution in [3.63, 3.8) is 0 Å². The fourth-order valence-electron chi connectivity index (χ4n) is 3.66. The first-order valence-electron chi connectivity index (χ1n) is 9.20. The van der Waals surface area contributed by atoms with Gasteiger partial charge in [-0.15, -0.1) is 0 Å². The van der Waals surface area contributed by atoms with Crippen molar-refractivity contribution in [3.8, 4) is 0 Å². The number of carboxylic acid groups (broad SMARTS) is 1. The van der Waals surface area contributed by atoms with Crippen molar-refractivity contribution >= 4 is 34.4 Å². The smallest absolute Gasteiger partial charge is 0.341 e. The largest absolute Gasteiger partial charge is 0.477 e. The summed E-state index contributed by atoms with van der Waals surface area (Å²) in [5.41, 5.74) is 5.80. The predicted molar refractivity (Wildman–Crippen MR) is 105 cm³/mol. The van der Waals surface area contributed by atoms with Gasteiger partial charge in [0.1, 0.15) is 11.2 Å². The molecular formula is C19H20ClFN4O3. The number of rotatable bonds is 4. The van der Waals surface area contributed by atoms with Gasteiger partial charge >= 0.3 is 5.97 Å². The number of pyridine rings is 2. The Morgan fingerprint density at radius 1 is 1.43 bits per heavy atom. The quantitative estimate of drug-likeness (QED) is 0.809. The second kappa shape index (κ2) is 7.18. The number of halogens is 2. The van der Waals surface area contributed by atoms with E-state index >= 15 is 0 Å². The Balaban J connectivity index is 1.86. The van der Waals surface area contributed by atoms with Crippen LogP contribution in [-0.4, -0.2) is 40.3 Å². The van der Waals surface area contributed by atoms with Crippen LogP contribution in [0.1, 0.15) is 42.1 Å². The first-order chi connectivity index (χ1) is 13.4. The number of hydrogen-bond acceptors (Lipinski definition) is 5. The monoisotopic (exact) mass is 406 g/mol. The van der Waals surface area contributed by atoms with E-state index in [-0.39, 0.29) is 29.4 Å². The second-order valence-corrected chi connectivity index (χ2v) is 7.67. The van der Waals surface area contributed by atoms with Gasteiger partial charge in [0, 0.05) is 36.9 Å². The number of piperidine rings is 1. The number of aromatic nitrogens is 2. The molecule has 2 aromatic heterocycles. The highest BCUT2D eigenvalue weighted by molar-refractivity contribution is 6.30. The van der Waals surface area contributed by atoms with Crippen LogP contribution >= 0.6 is 11.6 Å². The molecule has 0 atom stereocenters. The number of fused-ring (bicyclic) bond motifs is 1. The van der Waals surface area contributed by atoms with Gasteiger partial charge < -0.3 is 20.3 Å². The molecule has 2 fully saturated rings. The average Bonchev–Trinajstić information content (AvgIpc) is 3.52. The molecule has 0 amide bonds. The number of hydrogen-bond donors (Lipinski definition) is 2. The molecule has 1 aliphatic heterocycles. The zero-order chi connectivity index (χ0) is 20.0. The minimum atomic E-state index is -1.33. The summed E-state index contributed by atoms with van der Waals surface area (Å²) >= 11 is 6.19. The highest BCUT2D eigenvalue weighted by Gasteiger charge is 2.29. The van der Waals surface area contributed by atoms with E-state index in [1.54, 1.807) is 9.47 Å². The van der Waals surface area contributed by atoms with Crippen LogP contribution in [0.2, 0.25) is 0 Å². The Morgan fingerprint density at radius 2 is 2.18 bits per heavy atom. The molecule has 148 valence electrons. The molecule has 0 spiro atoms. The van der Waals surface area contributed by atoms with Gasteiger partial charge in [0.25, 0.3) is 0 Å². The van der Waals surface area contributed by atoms with Crippen LogP contribution in [0.4, 0.5) is 10.2 Å². The molecule has 1 aliphatic carbocycles. The third-order valence-corrected chi connectivity index (χ3v) is 5.68. The summed E-state index contributed by atoms with van der Waals surface area (Å²) in [6.45, 7) is 1.26. The van der Waals surface area contributed by atoms with Crippen molar-refractivity contribution in [2.24, 2.45) is 5.73 Å². The molecular weight excluding hydrogens is 387 g/mol. The summed E-state index contributed by atoms with van der Waals surface area (Å²) in [4.78, 5) is 30.2. The predicted octanol–water partition coefficient (Wildman–Crippen LogP) is 2.62. The first kappa shape index (κ1) is 18.9. The molecule has 28 heavy (non-hydrogen) atoms. The molecule has 0 radical (unpaired) electrons. The van der Waals surface area contributed by atoms with Crippen molar-refractivity contribution < 1.29 is 14.3 Å². The average molecular weight is 407 g/mol. The number of anilines is 1. The Kier molecular flexibility index (Phi) is 4.84. The maximum Gasteiger partial charge on any atom is 0.341 e. The van der Waals surface area contributed by atoms with Gasteiger partial charge in [-0.2, -0.15) is 0 Å². The van der Waals surface area contributed by atoms with E-state index in [4.69, 9.17) is 17.3 Å². The molecule has 0 aromatic carbocycles. The molecule has 2 aliphatic rings. The van der Waals surface area contributed by atoms with Crippen LogP contribution in [0.15, 0.2) is 27.7 Å². The third kappa shape index (κ3) is 3.27. The zero-order valence-electron chi connectivity index (χ0n) is 15.1. The number of nitrogens with zero attached hydrogens (tertiary/aromatic N) is 3. The summed E-state index contributed by atoms with van der Waals surface area (Å²) in [7, 11) is 0. The summed E-state index contributed by atoms with van der Waals surface area (Å²) in [6, 6.07) is 1.18. The Hall–Kier alpha value is -2.45. The fraction of sp³-hybridized carbons (Fsp3) is 0.421. The van der Waals surface area contributed by atoms with Gasteiger partial charge in [-0.25, -0.2) is 14.2 Å². The minimum absolute atomic E-state index is 0.0131. The van der Waals surface area contributed by atoms with E-state index in [1.165, 1.54) is 6.20 Å². The van der Waals surface area contributed by atoms with Gasteiger partial charge in [0.2, 0.25) is 5.43 Å². The Labute approximate surface area is 165 Å². The van der Waals surface area contributed by atoms with Crippen LogP contribution in [0, 0.1) is 5.82 Å². The topological polar surface area (TPSA) is 101 Å². The van der Waals surface area contributed by atoms with Crippen molar-refractivity contribution in [2.45, 2.75) is 31.7 Å². The van der Waals surface area contributed by atoms with Crippen molar-refractivity contribution in [3.05, 3.63) is 44.5 Å². The third-order valence-electron chi connectivity index (χ3n) is 5.26. The number of nitrogens with two attached hydrogens (primary N) is 1. The minimum Gasteiger partial charge on any atom is -0.477 e. The van der Waals surface area contributed by atoms with Crippen LogP contribution in [0.25, 0.3) is 11.0 Å². The number of aromatic carboxylic acids is 1. The van der Waals surface area contributed by atoms with Gasteiger partial charge in [0.05, 0.1) is 5.39 Å². The maximum absolute atomic E-state index is 14.9. The van der Waals surface area contributed by atoms with Crippen LogP contribution in [-0.2, 0) is 0 Å². The highest BCUT2D eigenvalue weighted by Crippen LogP contribution is 2.37. The summed E-state index contributed by atoms with van der Waals surface area (Å²) in [6.07, 6.45) is 4.66. The van der Waals surface area contributed by atoms with Gasteiger partial charge in [0.15, 0.2) is 11.6 Å². The standard InChI is InChI=1S/C19H20ClFN4O3/c20-14(7-22)10-2-1-5-24(8-10)18-15(21)6-12-16(26)13(19(27)28)9-25(11-3-4-11)17(12)23-18/h6,9,11H,1-5,7-8,22H2,(H,27,28)/b14-10-. The summed E-state index contributed by atoms with van der Waals surface area (Å²) in [5, 5.41) is 9.88. The number of carbonyl (C=O) groups is 1. The highest BCUT2D eigenvalue weighted by atomic mass is 35.5.